The zero-order chi connectivity index (χ0) is 14.5. The Morgan fingerprint density at radius 1 is 1.30 bits per heavy atom. The number of halogens is 1. The van der Waals surface area contributed by atoms with Gasteiger partial charge in [0, 0.05) is 10.6 Å². The molecule has 104 valence electrons. The molecular formula is C15H13FO3S. The fraction of sp³-hybridized carbons (Fsp3) is 0.133. The highest BCUT2D eigenvalue weighted by molar-refractivity contribution is 7.98. The van der Waals surface area contributed by atoms with E-state index in [4.69, 9.17) is 9.84 Å². The lowest BCUT2D eigenvalue weighted by atomic mass is 10.1. The summed E-state index contributed by atoms with van der Waals surface area (Å²) in [5.74, 6) is -0.832. The molecule has 0 saturated carbocycles. The number of hydrogen-bond donors (Lipinski definition) is 1. The fourth-order valence-electron chi connectivity index (χ4n) is 1.71. The summed E-state index contributed by atoms with van der Waals surface area (Å²) in [5, 5.41) is 8.88. The first kappa shape index (κ1) is 14.4. The molecule has 1 N–H and O–H groups in total. The molecule has 0 fully saturated rings. The van der Waals surface area contributed by atoms with Crippen molar-refractivity contribution in [1.82, 2.24) is 0 Å². The van der Waals surface area contributed by atoms with E-state index in [2.05, 4.69) is 0 Å². The van der Waals surface area contributed by atoms with Crippen LogP contribution in [-0.2, 0) is 5.75 Å². The van der Waals surface area contributed by atoms with Crippen LogP contribution in [-0.4, -0.2) is 18.2 Å². The van der Waals surface area contributed by atoms with Crippen LogP contribution in [0.25, 0.3) is 0 Å². The van der Waals surface area contributed by atoms with E-state index in [1.165, 1.54) is 17.8 Å². The van der Waals surface area contributed by atoms with Crippen molar-refractivity contribution < 1.29 is 19.0 Å². The Balaban J connectivity index is 2.14. The predicted molar refractivity (Wildman–Crippen MR) is 75.9 cm³/mol. The van der Waals surface area contributed by atoms with Crippen molar-refractivity contribution in [3.8, 4) is 5.75 Å². The molecule has 2 aromatic carbocycles. The third kappa shape index (κ3) is 3.30. The molecule has 0 heterocycles. The van der Waals surface area contributed by atoms with Crippen LogP contribution in [0.3, 0.4) is 0 Å². The lowest BCUT2D eigenvalue weighted by molar-refractivity contribution is 0.0691. The monoisotopic (exact) mass is 292 g/mol. The number of carboxylic acid groups (broad SMARTS) is 1. The van der Waals surface area contributed by atoms with Gasteiger partial charge < -0.3 is 9.84 Å². The number of hydrogen-bond acceptors (Lipinski definition) is 3. The number of aromatic carboxylic acids is 1. The molecule has 0 atom stereocenters. The first-order valence-corrected chi connectivity index (χ1v) is 6.88. The highest BCUT2D eigenvalue weighted by Crippen LogP contribution is 2.27. The SMILES string of the molecule is COc1cccc(SCc2cccc(C(=O)O)c2F)c1. The summed E-state index contributed by atoms with van der Waals surface area (Å²) < 4.78 is 19.1. The van der Waals surface area contributed by atoms with E-state index in [1.54, 1.807) is 19.2 Å². The van der Waals surface area contributed by atoms with Crippen LogP contribution >= 0.6 is 11.8 Å². The minimum atomic E-state index is -1.25. The van der Waals surface area contributed by atoms with Gasteiger partial charge in [-0.3, -0.25) is 0 Å². The summed E-state index contributed by atoms with van der Waals surface area (Å²) in [5.41, 5.74) is 0.0754. The van der Waals surface area contributed by atoms with E-state index < -0.39 is 11.8 Å². The van der Waals surface area contributed by atoms with Crippen LogP contribution in [0.2, 0.25) is 0 Å². The maximum Gasteiger partial charge on any atom is 0.338 e. The van der Waals surface area contributed by atoms with Crippen LogP contribution in [0.15, 0.2) is 47.4 Å². The molecule has 0 spiro atoms. The Morgan fingerprint density at radius 3 is 2.75 bits per heavy atom. The molecule has 0 bridgehead atoms. The Bertz CT molecular complexity index is 628. The summed E-state index contributed by atoms with van der Waals surface area (Å²) in [6.45, 7) is 0. The number of thioether (sulfide) groups is 1. The molecule has 0 radical (unpaired) electrons. The smallest absolute Gasteiger partial charge is 0.338 e. The zero-order valence-corrected chi connectivity index (χ0v) is 11.6. The largest absolute Gasteiger partial charge is 0.497 e. The maximum absolute atomic E-state index is 14.0. The van der Waals surface area contributed by atoms with E-state index in [1.807, 2.05) is 24.3 Å². The van der Waals surface area contributed by atoms with Crippen LogP contribution < -0.4 is 4.74 Å². The topological polar surface area (TPSA) is 46.5 Å². The van der Waals surface area contributed by atoms with E-state index >= 15 is 0 Å². The van der Waals surface area contributed by atoms with E-state index in [0.29, 0.717) is 11.3 Å². The van der Waals surface area contributed by atoms with Gasteiger partial charge in [-0.25, -0.2) is 9.18 Å². The minimum Gasteiger partial charge on any atom is -0.497 e. The van der Waals surface area contributed by atoms with Gasteiger partial charge in [-0.05, 0) is 29.8 Å². The van der Waals surface area contributed by atoms with Gasteiger partial charge in [0.05, 0.1) is 12.7 Å². The Kier molecular flexibility index (Phi) is 4.63. The van der Waals surface area contributed by atoms with E-state index in [-0.39, 0.29) is 5.56 Å². The molecule has 3 nitrogen and oxygen atoms in total. The Labute approximate surface area is 120 Å². The molecule has 2 aromatic rings. The van der Waals surface area contributed by atoms with Gasteiger partial charge in [0.2, 0.25) is 0 Å². The molecular weight excluding hydrogens is 279 g/mol. The van der Waals surface area contributed by atoms with Crippen LogP contribution in [0.5, 0.6) is 5.75 Å². The van der Waals surface area contributed by atoms with Crippen LogP contribution in [0.4, 0.5) is 4.39 Å². The van der Waals surface area contributed by atoms with Crippen molar-refractivity contribution >= 4 is 17.7 Å². The van der Waals surface area contributed by atoms with E-state index in [9.17, 15) is 9.18 Å². The fourth-order valence-corrected chi connectivity index (χ4v) is 2.63. The maximum atomic E-state index is 14.0. The highest BCUT2D eigenvalue weighted by atomic mass is 32.2. The second-order valence-electron chi connectivity index (χ2n) is 4.05. The average molecular weight is 292 g/mol. The molecule has 0 amide bonds. The number of carboxylic acids is 1. The van der Waals surface area contributed by atoms with Gasteiger partial charge in [-0.1, -0.05) is 18.2 Å². The first-order valence-electron chi connectivity index (χ1n) is 5.89. The minimum absolute atomic E-state index is 0.297. The summed E-state index contributed by atoms with van der Waals surface area (Å²) in [6.07, 6.45) is 0. The number of ether oxygens (including phenoxy) is 1. The normalized spacial score (nSPS) is 10.3. The van der Waals surface area contributed by atoms with Gasteiger partial charge >= 0.3 is 5.97 Å². The quantitative estimate of drug-likeness (QED) is 0.851. The van der Waals surface area contributed by atoms with Crippen molar-refractivity contribution in [2.75, 3.05) is 7.11 Å². The summed E-state index contributed by atoms with van der Waals surface area (Å²) in [4.78, 5) is 11.8. The summed E-state index contributed by atoms with van der Waals surface area (Å²) >= 11 is 1.42. The molecule has 5 heteroatoms. The van der Waals surface area contributed by atoms with Crippen molar-refractivity contribution in [3.63, 3.8) is 0 Å². The molecule has 0 aromatic heterocycles. The lowest BCUT2D eigenvalue weighted by Crippen LogP contribution is -2.02. The third-order valence-corrected chi connectivity index (χ3v) is 3.79. The van der Waals surface area contributed by atoms with Gasteiger partial charge in [0.25, 0.3) is 0 Å². The summed E-state index contributed by atoms with van der Waals surface area (Å²) in [7, 11) is 1.58. The van der Waals surface area contributed by atoms with Crippen molar-refractivity contribution in [2.45, 2.75) is 10.6 Å². The summed E-state index contributed by atoms with van der Waals surface area (Å²) in [6, 6.07) is 11.8. The molecule has 0 saturated heterocycles. The number of carbonyl (C=O) groups is 1. The molecule has 20 heavy (non-hydrogen) atoms. The zero-order valence-electron chi connectivity index (χ0n) is 10.8. The second kappa shape index (κ2) is 6.43. The van der Waals surface area contributed by atoms with Crippen LogP contribution in [0, 0.1) is 5.82 Å². The molecule has 0 aliphatic heterocycles. The molecule has 0 unspecified atom stereocenters. The predicted octanol–water partition coefficient (Wildman–Crippen LogP) is 3.82. The van der Waals surface area contributed by atoms with Gasteiger partial charge in [0.1, 0.15) is 11.6 Å². The average Bonchev–Trinajstić information content (AvgIpc) is 2.46. The standard InChI is InChI=1S/C15H13FO3S/c1-19-11-5-3-6-12(8-11)20-9-10-4-2-7-13(14(10)16)15(17)18/h2-8H,9H2,1H3,(H,17,18). The molecule has 0 aliphatic carbocycles. The number of rotatable bonds is 5. The Hall–Kier alpha value is -2.01. The highest BCUT2D eigenvalue weighted by Gasteiger charge is 2.13. The van der Waals surface area contributed by atoms with Gasteiger partial charge in [-0.15, -0.1) is 11.8 Å². The third-order valence-electron chi connectivity index (χ3n) is 2.74. The molecule has 2 rings (SSSR count). The van der Waals surface area contributed by atoms with Crippen molar-refractivity contribution in [3.05, 3.63) is 59.4 Å². The molecule has 0 aliphatic rings. The first-order chi connectivity index (χ1) is 9.61. The van der Waals surface area contributed by atoms with Crippen molar-refractivity contribution in [2.24, 2.45) is 0 Å². The second-order valence-corrected chi connectivity index (χ2v) is 5.10. The lowest BCUT2D eigenvalue weighted by Gasteiger charge is -2.07. The van der Waals surface area contributed by atoms with Crippen molar-refractivity contribution in [1.29, 1.82) is 0 Å². The van der Waals surface area contributed by atoms with E-state index in [0.717, 1.165) is 10.6 Å². The van der Waals surface area contributed by atoms with Gasteiger partial charge in [-0.2, -0.15) is 0 Å². The van der Waals surface area contributed by atoms with Gasteiger partial charge in [0.15, 0.2) is 0 Å². The number of methoxy groups -OCH3 is 1. The Morgan fingerprint density at radius 2 is 2.05 bits per heavy atom. The van der Waals surface area contributed by atoms with Crippen LogP contribution in [0.1, 0.15) is 15.9 Å². The number of benzene rings is 2.